The van der Waals surface area contributed by atoms with Gasteiger partial charge in [-0.05, 0) is 36.6 Å². The molecule has 0 saturated carbocycles. The van der Waals surface area contributed by atoms with E-state index in [0.29, 0.717) is 5.69 Å². The second-order valence-corrected chi connectivity index (χ2v) is 9.50. The quantitative estimate of drug-likeness (QED) is 0.690. The van der Waals surface area contributed by atoms with Crippen molar-refractivity contribution in [1.29, 1.82) is 0 Å². The molecule has 3 saturated heterocycles. The van der Waals surface area contributed by atoms with E-state index < -0.39 is 23.7 Å². The maximum Gasteiger partial charge on any atom is 0.417 e. The number of rotatable bonds is 4. The molecule has 2 amide bonds. The smallest absolute Gasteiger partial charge is 0.417 e. The van der Waals surface area contributed by atoms with Gasteiger partial charge in [0.15, 0.2) is 0 Å². The zero-order valence-electron chi connectivity index (χ0n) is 19.8. The van der Waals surface area contributed by atoms with Crippen molar-refractivity contribution in [1.82, 2.24) is 15.1 Å². The number of carbonyl (C=O) groups excluding carboxylic acids is 2. The Morgan fingerprint density at radius 2 is 1.56 bits per heavy atom. The van der Waals surface area contributed by atoms with Crippen molar-refractivity contribution < 1.29 is 27.5 Å². The summed E-state index contributed by atoms with van der Waals surface area (Å²) < 4.78 is 46.9. The van der Waals surface area contributed by atoms with Gasteiger partial charge in [-0.25, -0.2) is 4.79 Å². The zero-order valence-corrected chi connectivity index (χ0v) is 19.8. The molecule has 5 rings (SSSR count). The summed E-state index contributed by atoms with van der Waals surface area (Å²) in [6.07, 6.45) is -3.19. The normalized spacial score (nSPS) is 22.0. The van der Waals surface area contributed by atoms with Gasteiger partial charge in [-0.1, -0.05) is 30.3 Å². The van der Waals surface area contributed by atoms with Crippen molar-refractivity contribution in [2.75, 3.05) is 44.2 Å². The number of ether oxygens (including phenoxy) is 1. The Morgan fingerprint density at radius 3 is 2.19 bits per heavy atom. The topological polar surface area (TPSA) is 65.1 Å². The van der Waals surface area contributed by atoms with Crippen molar-refractivity contribution in [3.8, 4) is 0 Å². The van der Waals surface area contributed by atoms with Crippen LogP contribution < -0.4 is 10.2 Å². The van der Waals surface area contributed by atoms with Gasteiger partial charge in [-0.2, -0.15) is 13.2 Å². The average Bonchev–Trinajstić information content (AvgIpc) is 3.14. The van der Waals surface area contributed by atoms with Gasteiger partial charge < -0.3 is 24.8 Å². The third-order valence-corrected chi connectivity index (χ3v) is 7.25. The van der Waals surface area contributed by atoms with E-state index in [4.69, 9.17) is 4.74 Å². The van der Waals surface area contributed by atoms with Crippen molar-refractivity contribution in [2.45, 2.75) is 37.7 Å². The maximum atomic E-state index is 13.8. The molecule has 36 heavy (non-hydrogen) atoms. The van der Waals surface area contributed by atoms with Gasteiger partial charge in [-0.15, -0.1) is 0 Å². The molecular formula is C26H29F3N4O3. The van der Waals surface area contributed by atoms with E-state index in [0.717, 1.165) is 37.6 Å². The first-order valence-electron chi connectivity index (χ1n) is 12.3. The number of piperazine rings is 2. The highest BCUT2D eigenvalue weighted by molar-refractivity contribution is 5.97. The Hall–Kier alpha value is -3.27. The van der Waals surface area contributed by atoms with E-state index in [-0.39, 0.29) is 50.4 Å². The lowest BCUT2D eigenvalue weighted by molar-refractivity contribution is -0.138. The summed E-state index contributed by atoms with van der Waals surface area (Å²) in [5.41, 5.74) is 0.252. The van der Waals surface area contributed by atoms with Crippen LogP contribution in [-0.2, 0) is 17.5 Å². The number of anilines is 1. The molecule has 2 aromatic rings. The summed E-state index contributed by atoms with van der Waals surface area (Å²) in [6, 6.07) is 13.6. The average molecular weight is 503 g/mol. The fourth-order valence-corrected chi connectivity index (χ4v) is 5.39. The Morgan fingerprint density at radius 1 is 0.917 bits per heavy atom. The molecule has 0 aliphatic carbocycles. The Balaban J connectivity index is 1.27. The highest BCUT2D eigenvalue weighted by atomic mass is 19.4. The molecule has 10 heteroatoms. The van der Waals surface area contributed by atoms with Crippen LogP contribution in [0.4, 0.5) is 23.7 Å². The van der Waals surface area contributed by atoms with E-state index in [1.165, 1.54) is 21.9 Å². The summed E-state index contributed by atoms with van der Waals surface area (Å²) in [6.45, 7) is 2.37. The molecule has 0 aromatic heterocycles. The minimum absolute atomic E-state index is 0.133. The van der Waals surface area contributed by atoms with E-state index in [1.54, 1.807) is 0 Å². The van der Waals surface area contributed by atoms with Gasteiger partial charge in [-0.3, -0.25) is 4.79 Å². The van der Waals surface area contributed by atoms with Crippen LogP contribution in [0, 0.1) is 0 Å². The van der Waals surface area contributed by atoms with Crippen LogP contribution in [0.1, 0.15) is 34.3 Å². The third-order valence-electron chi connectivity index (χ3n) is 7.25. The monoisotopic (exact) mass is 502 g/mol. The van der Waals surface area contributed by atoms with Gasteiger partial charge in [0.1, 0.15) is 6.61 Å². The van der Waals surface area contributed by atoms with Gasteiger partial charge in [0.25, 0.3) is 5.91 Å². The van der Waals surface area contributed by atoms with Crippen LogP contribution in [0.25, 0.3) is 0 Å². The minimum atomic E-state index is -4.64. The molecule has 3 aliphatic rings. The summed E-state index contributed by atoms with van der Waals surface area (Å²) in [7, 11) is 0. The standard InChI is InChI=1S/C26H29F3N4O3/c27-26(28,29)23-9-8-19(33-20-6-7-21(33)16-30-15-20)14-22(23)24(34)31-10-12-32(13-11-31)25(35)36-17-18-4-2-1-3-5-18/h1-5,8-9,14,20-21,30H,6-7,10-13,15-17H2. The second kappa shape index (κ2) is 10.0. The molecule has 2 bridgehead atoms. The number of carbonyl (C=O) groups is 2. The first-order chi connectivity index (χ1) is 17.3. The number of benzene rings is 2. The summed E-state index contributed by atoms with van der Waals surface area (Å²) in [4.78, 5) is 30.8. The highest BCUT2D eigenvalue weighted by Crippen LogP contribution is 2.38. The second-order valence-electron chi connectivity index (χ2n) is 9.50. The molecule has 3 aliphatic heterocycles. The lowest BCUT2D eigenvalue weighted by atomic mass is 10.0. The van der Waals surface area contributed by atoms with Crippen LogP contribution in [0.5, 0.6) is 0 Å². The van der Waals surface area contributed by atoms with Gasteiger partial charge in [0.05, 0.1) is 11.1 Å². The van der Waals surface area contributed by atoms with E-state index in [9.17, 15) is 22.8 Å². The van der Waals surface area contributed by atoms with Crippen LogP contribution in [0.15, 0.2) is 48.5 Å². The number of alkyl halides is 3. The van der Waals surface area contributed by atoms with Gasteiger partial charge >= 0.3 is 12.3 Å². The molecule has 2 aromatic carbocycles. The van der Waals surface area contributed by atoms with E-state index in [1.807, 2.05) is 30.3 Å². The molecule has 2 unspecified atom stereocenters. The Bertz CT molecular complexity index is 1090. The lowest BCUT2D eigenvalue weighted by Gasteiger charge is -2.38. The van der Waals surface area contributed by atoms with Crippen molar-refractivity contribution >= 4 is 17.7 Å². The first-order valence-corrected chi connectivity index (χ1v) is 12.3. The predicted molar refractivity (Wildman–Crippen MR) is 128 cm³/mol. The number of halogens is 3. The van der Waals surface area contributed by atoms with Crippen LogP contribution >= 0.6 is 0 Å². The minimum Gasteiger partial charge on any atom is -0.445 e. The van der Waals surface area contributed by atoms with Gasteiger partial charge in [0.2, 0.25) is 0 Å². The zero-order chi connectivity index (χ0) is 25.3. The summed E-state index contributed by atoms with van der Waals surface area (Å²) in [5.74, 6) is -0.663. The number of hydrogen-bond acceptors (Lipinski definition) is 5. The molecule has 192 valence electrons. The van der Waals surface area contributed by atoms with Crippen molar-refractivity contribution in [3.05, 3.63) is 65.2 Å². The van der Waals surface area contributed by atoms with Crippen molar-refractivity contribution in [2.24, 2.45) is 0 Å². The van der Waals surface area contributed by atoms with Crippen LogP contribution in [0.3, 0.4) is 0 Å². The summed E-state index contributed by atoms with van der Waals surface area (Å²) in [5, 5.41) is 3.36. The molecule has 2 atom stereocenters. The molecule has 7 nitrogen and oxygen atoms in total. The maximum absolute atomic E-state index is 13.8. The molecule has 3 fully saturated rings. The van der Waals surface area contributed by atoms with E-state index >= 15 is 0 Å². The number of fused-ring (bicyclic) bond motifs is 2. The van der Waals surface area contributed by atoms with Crippen LogP contribution in [0.2, 0.25) is 0 Å². The summed E-state index contributed by atoms with van der Waals surface area (Å²) >= 11 is 0. The number of nitrogens with zero attached hydrogens (tertiary/aromatic N) is 3. The third kappa shape index (κ3) is 5.00. The molecule has 0 spiro atoms. The highest BCUT2D eigenvalue weighted by Gasteiger charge is 2.40. The Kier molecular flexibility index (Phi) is 6.79. The SMILES string of the molecule is O=C(OCc1ccccc1)N1CCN(C(=O)c2cc(N3C4CCC3CNC4)ccc2C(F)(F)F)CC1. The molecular weight excluding hydrogens is 473 g/mol. The number of nitrogens with one attached hydrogen (secondary N) is 1. The van der Waals surface area contributed by atoms with Gasteiger partial charge in [0, 0.05) is 57.0 Å². The Labute approximate surface area is 207 Å². The van der Waals surface area contributed by atoms with Crippen LogP contribution in [-0.4, -0.2) is 73.2 Å². The number of amides is 2. The molecule has 1 N–H and O–H groups in total. The molecule has 3 heterocycles. The fraction of sp³-hybridized carbons (Fsp3) is 0.462. The largest absolute Gasteiger partial charge is 0.445 e. The molecule has 0 radical (unpaired) electrons. The lowest BCUT2D eigenvalue weighted by Crippen LogP contribution is -2.52. The number of hydrogen-bond donors (Lipinski definition) is 1. The first kappa shape index (κ1) is 24.4. The predicted octanol–water partition coefficient (Wildman–Crippen LogP) is 3.74. The van der Waals surface area contributed by atoms with E-state index in [2.05, 4.69) is 10.2 Å². The fourth-order valence-electron chi connectivity index (χ4n) is 5.39. The van der Waals surface area contributed by atoms with Crippen molar-refractivity contribution in [3.63, 3.8) is 0 Å².